The second-order valence-corrected chi connectivity index (χ2v) is 4.77. The van der Waals surface area contributed by atoms with Gasteiger partial charge in [-0.3, -0.25) is 4.99 Å². The van der Waals surface area contributed by atoms with Crippen LogP contribution in [0.2, 0.25) is 0 Å². The summed E-state index contributed by atoms with van der Waals surface area (Å²) in [6, 6.07) is 0.644. The number of hydrogen-bond acceptors (Lipinski definition) is 3. The third kappa shape index (κ3) is 2.20. The highest BCUT2D eigenvalue weighted by atomic mass is 15.2. The van der Waals surface area contributed by atoms with Gasteiger partial charge >= 0.3 is 0 Å². The van der Waals surface area contributed by atoms with Crippen molar-refractivity contribution in [1.29, 1.82) is 0 Å². The number of aliphatic imine (C=N–C) groups is 1. The largest absolute Gasteiger partial charge is 0.355 e. The van der Waals surface area contributed by atoms with Crippen molar-refractivity contribution >= 4 is 5.96 Å². The molecular weight excluding hydrogens is 174 g/mol. The van der Waals surface area contributed by atoms with Gasteiger partial charge in [-0.15, -0.1) is 0 Å². The van der Waals surface area contributed by atoms with Gasteiger partial charge in [-0.25, -0.2) is 0 Å². The molecule has 3 unspecified atom stereocenters. The zero-order valence-electron chi connectivity index (χ0n) is 9.21. The van der Waals surface area contributed by atoms with E-state index in [4.69, 9.17) is 0 Å². The van der Waals surface area contributed by atoms with Crippen LogP contribution in [0.5, 0.6) is 0 Å². The standard InChI is InChI=1S/C11H21N3/c1-8-3-4-10(7-9(8)2)14-11-12-5-6-13-11/h8-10H,3-7H2,1-2H3,(H2,12,13,14). The maximum atomic E-state index is 4.37. The lowest BCUT2D eigenvalue weighted by Gasteiger charge is -2.32. The molecule has 3 heteroatoms. The Hall–Kier alpha value is -0.730. The number of rotatable bonds is 1. The van der Waals surface area contributed by atoms with Crippen LogP contribution in [0, 0.1) is 11.8 Å². The first-order chi connectivity index (χ1) is 6.75. The van der Waals surface area contributed by atoms with Gasteiger partial charge in [0.2, 0.25) is 0 Å². The van der Waals surface area contributed by atoms with Crippen LogP contribution in [0.4, 0.5) is 0 Å². The summed E-state index contributed by atoms with van der Waals surface area (Å²) in [5.74, 6) is 2.77. The molecule has 0 aromatic heterocycles. The van der Waals surface area contributed by atoms with E-state index < -0.39 is 0 Å². The first-order valence-corrected chi connectivity index (χ1v) is 5.80. The molecule has 2 N–H and O–H groups in total. The molecule has 1 aliphatic carbocycles. The molecule has 3 nitrogen and oxygen atoms in total. The molecule has 14 heavy (non-hydrogen) atoms. The van der Waals surface area contributed by atoms with Crippen LogP contribution >= 0.6 is 0 Å². The van der Waals surface area contributed by atoms with E-state index in [9.17, 15) is 0 Å². The van der Waals surface area contributed by atoms with Crippen LogP contribution in [-0.4, -0.2) is 25.1 Å². The highest BCUT2D eigenvalue weighted by molar-refractivity contribution is 5.81. The van der Waals surface area contributed by atoms with Gasteiger partial charge in [-0.2, -0.15) is 0 Å². The Kier molecular flexibility index (Phi) is 2.94. The quantitative estimate of drug-likeness (QED) is 0.663. The molecule has 1 saturated carbocycles. The molecule has 2 aliphatic rings. The molecular formula is C11H21N3. The molecule has 0 radical (unpaired) electrons. The minimum Gasteiger partial charge on any atom is -0.355 e. The average Bonchev–Trinajstić information content (AvgIpc) is 2.64. The molecule has 0 amide bonds. The molecule has 3 atom stereocenters. The number of guanidine groups is 1. The number of nitrogens with zero attached hydrogens (tertiary/aromatic N) is 1. The van der Waals surface area contributed by atoms with E-state index in [0.717, 1.165) is 30.9 Å². The molecule has 1 aliphatic heterocycles. The smallest absolute Gasteiger partial charge is 0.191 e. The lowest BCUT2D eigenvalue weighted by Crippen LogP contribution is -2.44. The molecule has 0 aromatic carbocycles. The van der Waals surface area contributed by atoms with Crippen molar-refractivity contribution in [2.24, 2.45) is 16.8 Å². The van der Waals surface area contributed by atoms with E-state index in [1.54, 1.807) is 0 Å². The van der Waals surface area contributed by atoms with Crippen LogP contribution in [0.3, 0.4) is 0 Å². The lowest BCUT2D eigenvalue weighted by molar-refractivity contribution is 0.240. The Morgan fingerprint density at radius 2 is 2.14 bits per heavy atom. The third-order valence-electron chi connectivity index (χ3n) is 3.61. The first kappa shape index (κ1) is 9.81. The fraction of sp³-hybridized carbons (Fsp3) is 0.909. The van der Waals surface area contributed by atoms with Gasteiger partial charge in [-0.1, -0.05) is 13.8 Å². The van der Waals surface area contributed by atoms with Gasteiger partial charge in [0.1, 0.15) is 0 Å². The molecule has 2 rings (SSSR count). The number of hydrogen-bond donors (Lipinski definition) is 2. The van der Waals surface area contributed by atoms with Crippen molar-refractivity contribution in [3.05, 3.63) is 0 Å². The van der Waals surface area contributed by atoms with E-state index >= 15 is 0 Å². The average molecular weight is 195 g/mol. The summed E-state index contributed by atoms with van der Waals surface area (Å²) in [5.41, 5.74) is 0. The maximum Gasteiger partial charge on any atom is 0.191 e. The van der Waals surface area contributed by atoms with Crippen LogP contribution in [-0.2, 0) is 0 Å². The van der Waals surface area contributed by atoms with E-state index in [0.29, 0.717) is 6.04 Å². The highest BCUT2D eigenvalue weighted by Gasteiger charge is 2.25. The summed E-state index contributed by atoms with van der Waals surface area (Å²) < 4.78 is 0. The van der Waals surface area contributed by atoms with Crippen molar-refractivity contribution in [2.45, 2.75) is 39.2 Å². The summed E-state index contributed by atoms with van der Waals surface area (Å²) in [5, 5.41) is 6.78. The first-order valence-electron chi connectivity index (χ1n) is 5.80. The fourth-order valence-electron chi connectivity index (χ4n) is 2.37. The summed E-state index contributed by atoms with van der Waals surface area (Å²) in [7, 11) is 0. The Morgan fingerprint density at radius 1 is 1.29 bits per heavy atom. The van der Waals surface area contributed by atoms with Crippen molar-refractivity contribution in [3.8, 4) is 0 Å². The SMILES string of the molecule is CC1CCC(NC2=NCCN2)CC1C. The van der Waals surface area contributed by atoms with Crippen molar-refractivity contribution in [3.63, 3.8) is 0 Å². The molecule has 1 heterocycles. The molecule has 0 aromatic rings. The van der Waals surface area contributed by atoms with E-state index in [2.05, 4.69) is 29.5 Å². The summed E-state index contributed by atoms with van der Waals surface area (Å²) in [4.78, 5) is 4.37. The third-order valence-corrected chi connectivity index (χ3v) is 3.61. The van der Waals surface area contributed by atoms with Crippen molar-refractivity contribution in [2.75, 3.05) is 13.1 Å². The number of nitrogens with one attached hydrogen (secondary N) is 2. The topological polar surface area (TPSA) is 36.4 Å². The monoisotopic (exact) mass is 195 g/mol. The Morgan fingerprint density at radius 3 is 2.79 bits per heavy atom. The van der Waals surface area contributed by atoms with Crippen molar-refractivity contribution in [1.82, 2.24) is 10.6 Å². The minimum atomic E-state index is 0.644. The van der Waals surface area contributed by atoms with Gasteiger partial charge in [-0.05, 0) is 31.1 Å². The minimum absolute atomic E-state index is 0.644. The van der Waals surface area contributed by atoms with E-state index in [1.165, 1.54) is 19.3 Å². The van der Waals surface area contributed by atoms with Crippen LogP contribution in [0.1, 0.15) is 33.1 Å². The lowest BCUT2D eigenvalue weighted by atomic mass is 9.79. The molecule has 80 valence electrons. The van der Waals surface area contributed by atoms with Gasteiger partial charge < -0.3 is 10.6 Å². The summed E-state index contributed by atoms with van der Waals surface area (Å²) in [6.07, 6.45) is 3.94. The Balaban J connectivity index is 1.81. The predicted molar refractivity (Wildman–Crippen MR) is 59.4 cm³/mol. The maximum absolute atomic E-state index is 4.37. The summed E-state index contributed by atoms with van der Waals surface area (Å²) >= 11 is 0. The van der Waals surface area contributed by atoms with Crippen LogP contribution in [0.15, 0.2) is 4.99 Å². The fourth-order valence-corrected chi connectivity index (χ4v) is 2.37. The van der Waals surface area contributed by atoms with Crippen molar-refractivity contribution < 1.29 is 0 Å². The highest BCUT2D eigenvalue weighted by Crippen LogP contribution is 2.29. The molecule has 0 spiro atoms. The Bertz CT molecular complexity index is 225. The van der Waals surface area contributed by atoms with Crippen LogP contribution < -0.4 is 10.6 Å². The second kappa shape index (κ2) is 4.20. The van der Waals surface area contributed by atoms with Gasteiger partial charge in [0.05, 0.1) is 6.54 Å². The van der Waals surface area contributed by atoms with Crippen LogP contribution in [0.25, 0.3) is 0 Å². The normalized spacial score (nSPS) is 37.6. The summed E-state index contributed by atoms with van der Waals surface area (Å²) in [6.45, 7) is 6.66. The molecule has 0 bridgehead atoms. The van der Waals surface area contributed by atoms with Gasteiger partial charge in [0.25, 0.3) is 0 Å². The predicted octanol–water partition coefficient (Wildman–Crippen LogP) is 1.36. The second-order valence-electron chi connectivity index (χ2n) is 4.77. The molecule has 1 fully saturated rings. The Labute approximate surface area is 86.4 Å². The van der Waals surface area contributed by atoms with Gasteiger partial charge in [0.15, 0.2) is 5.96 Å². The van der Waals surface area contributed by atoms with Gasteiger partial charge in [0, 0.05) is 12.6 Å². The zero-order valence-corrected chi connectivity index (χ0v) is 9.21. The van der Waals surface area contributed by atoms with E-state index in [-0.39, 0.29) is 0 Å². The molecule has 0 saturated heterocycles. The zero-order chi connectivity index (χ0) is 9.97. The van der Waals surface area contributed by atoms with E-state index in [1.807, 2.05) is 0 Å².